The molecule has 3 rings (SSSR count). The lowest BCUT2D eigenvalue weighted by Crippen LogP contribution is -2.38. The van der Waals surface area contributed by atoms with E-state index in [0.29, 0.717) is 5.92 Å². The molecule has 1 aromatic rings. The molecule has 2 saturated heterocycles. The van der Waals surface area contributed by atoms with Crippen molar-refractivity contribution in [3.63, 3.8) is 0 Å². The van der Waals surface area contributed by atoms with Crippen molar-refractivity contribution >= 4 is 11.8 Å². The molecule has 0 amide bonds. The van der Waals surface area contributed by atoms with Crippen LogP contribution in [-0.4, -0.2) is 63.1 Å². The topological polar surface area (TPSA) is 50.7 Å². The van der Waals surface area contributed by atoms with Crippen molar-refractivity contribution in [3.05, 3.63) is 11.8 Å². The number of hydrogen-bond acceptors (Lipinski definition) is 6. The number of aryl methyl sites for hydroxylation is 1. The van der Waals surface area contributed by atoms with Crippen molar-refractivity contribution in [2.75, 3.05) is 62.9 Å². The van der Waals surface area contributed by atoms with Gasteiger partial charge in [0, 0.05) is 51.0 Å². The Hall–Kier alpha value is -1.40. The van der Waals surface area contributed by atoms with Crippen LogP contribution in [-0.2, 0) is 15.9 Å². The van der Waals surface area contributed by atoms with E-state index in [4.69, 9.17) is 19.4 Å². The van der Waals surface area contributed by atoms with E-state index >= 15 is 0 Å². The number of aromatic nitrogens is 2. The van der Waals surface area contributed by atoms with Crippen LogP contribution in [0, 0.1) is 5.92 Å². The predicted octanol–water partition coefficient (Wildman–Crippen LogP) is 1.35. The van der Waals surface area contributed by atoms with Gasteiger partial charge in [-0.1, -0.05) is 6.92 Å². The van der Waals surface area contributed by atoms with Crippen molar-refractivity contribution < 1.29 is 9.47 Å². The van der Waals surface area contributed by atoms with E-state index in [1.165, 1.54) is 0 Å². The second-order valence-electron chi connectivity index (χ2n) is 6.08. The summed E-state index contributed by atoms with van der Waals surface area (Å²) in [7, 11) is 2.11. The van der Waals surface area contributed by atoms with E-state index in [1.54, 1.807) is 0 Å². The van der Waals surface area contributed by atoms with Crippen LogP contribution in [0.5, 0.6) is 0 Å². The Bertz CT molecular complexity index is 485. The number of rotatable bonds is 5. The molecule has 0 unspecified atom stereocenters. The van der Waals surface area contributed by atoms with Crippen molar-refractivity contribution in [2.24, 2.45) is 5.92 Å². The molecule has 0 saturated carbocycles. The Morgan fingerprint density at radius 3 is 2.73 bits per heavy atom. The summed E-state index contributed by atoms with van der Waals surface area (Å²) in [5.74, 6) is 2.46. The molecular weight excluding hydrogens is 280 g/mol. The number of ether oxygens (including phenoxy) is 2. The fourth-order valence-electron chi connectivity index (χ4n) is 2.96. The highest BCUT2D eigenvalue weighted by Crippen LogP contribution is 2.21. The van der Waals surface area contributed by atoms with Gasteiger partial charge in [-0.2, -0.15) is 4.98 Å². The maximum atomic E-state index is 5.48. The van der Waals surface area contributed by atoms with Crippen LogP contribution in [0.15, 0.2) is 6.07 Å². The van der Waals surface area contributed by atoms with E-state index in [2.05, 4.69) is 29.8 Å². The molecule has 122 valence electrons. The monoisotopic (exact) mass is 306 g/mol. The van der Waals surface area contributed by atoms with Gasteiger partial charge in [0.1, 0.15) is 5.82 Å². The predicted molar refractivity (Wildman–Crippen MR) is 86.6 cm³/mol. The van der Waals surface area contributed by atoms with Gasteiger partial charge in [0.25, 0.3) is 0 Å². The van der Waals surface area contributed by atoms with Crippen molar-refractivity contribution in [1.29, 1.82) is 0 Å². The Morgan fingerprint density at radius 2 is 2.05 bits per heavy atom. The summed E-state index contributed by atoms with van der Waals surface area (Å²) in [6.07, 6.45) is 2.07. The van der Waals surface area contributed by atoms with Crippen LogP contribution in [0.25, 0.3) is 0 Å². The number of anilines is 2. The summed E-state index contributed by atoms with van der Waals surface area (Å²) in [6.45, 7) is 8.13. The van der Waals surface area contributed by atoms with Gasteiger partial charge < -0.3 is 19.3 Å². The molecule has 0 aliphatic carbocycles. The van der Waals surface area contributed by atoms with Gasteiger partial charge in [-0.15, -0.1) is 0 Å². The zero-order valence-corrected chi connectivity index (χ0v) is 13.6. The van der Waals surface area contributed by atoms with Crippen LogP contribution >= 0.6 is 0 Å². The summed E-state index contributed by atoms with van der Waals surface area (Å²) in [5.41, 5.74) is 1.10. The molecule has 2 aliphatic heterocycles. The first-order valence-electron chi connectivity index (χ1n) is 8.25. The highest BCUT2D eigenvalue weighted by Gasteiger charge is 2.20. The molecule has 0 spiro atoms. The first kappa shape index (κ1) is 15.5. The van der Waals surface area contributed by atoms with Crippen molar-refractivity contribution in [2.45, 2.75) is 19.8 Å². The number of hydrogen-bond donors (Lipinski definition) is 0. The molecule has 0 aromatic carbocycles. The third-order valence-corrected chi connectivity index (χ3v) is 4.36. The quantitative estimate of drug-likeness (QED) is 0.818. The largest absolute Gasteiger partial charge is 0.381 e. The van der Waals surface area contributed by atoms with Crippen molar-refractivity contribution in [1.82, 2.24) is 9.97 Å². The Kier molecular flexibility index (Phi) is 5.10. The van der Waals surface area contributed by atoms with Gasteiger partial charge in [0.05, 0.1) is 19.8 Å². The molecule has 1 aromatic heterocycles. The van der Waals surface area contributed by atoms with Gasteiger partial charge in [0.15, 0.2) is 0 Å². The summed E-state index contributed by atoms with van der Waals surface area (Å²) in [5, 5.41) is 0. The minimum Gasteiger partial charge on any atom is -0.381 e. The summed E-state index contributed by atoms with van der Waals surface area (Å²) < 4.78 is 10.9. The van der Waals surface area contributed by atoms with E-state index < -0.39 is 0 Å². The molecular formula is C16H26N4O2. The molecule has 0 radical (unpaired) electrons. The van der Waals surface area contributed by atoms with Crippen LogP contribution < -0.4 is 9.80 Å². The zero-order chi connectivity index (χ0) is 15.4. The number of morpholine rings is 1. The standard InChI is InChI=1S/C16H26N4O2/c1-3-14-10-15(19(2)11-13-4-7-22-12-13)18-16(17-14)20-5-8-21-9-6-20/h10,13H,3-9,11-12H2,1-2H3/t13-/m1/s1. The summed E-state index contributed by atoms with van der Waals surface area (Å²) in [4.78, 5) is 14.0. The van der Waals surface area contributed by atoms with Crippen LogP contribution in [0.2, 0.25) is 0 Å². The lowest BCUT2D eigenvalue weighted by Gasteiger charge is -2.29. The zero-order valence-electron chi connectivity index (χ0n) is 13.6. The summed E-state index contributed by atoms with van der Waals surface area (Å²) in [6, 6.07) is 2.11. The maximum Gasteiger partial charge on any atom is 0.227 e. The highest BCUT2D eigenvalue weighted by molar-refractivity contribution is 5.46. The molecule has 6 heteroatoms. The van der Waals surface area contributed by atoms with E-state index in [1.807, 2.05) is 0 Å². The minimum atomic E-state index is 0.608. The Labute approximate surface area is 132 Å². The van der Waals surface area contributed by atoms with Crippen molar-refractivity contribution in [3.8, 4) is 0 Å². The Balaban J connectivity index is 1.76. The highest BCUT2D eigenvalue weighted by atomic mass is 16.5. The van der Waals surface area contributed by atoms with Gasteiger partial charge in [-0.25, -0.2) is 4.98 Å². The molecule has 0 bridgehead atoms. The van der Waals surface area contributed by atoms with Gasteiger partial charge in [-0.05, 0) is 12.8 Å². The average molecular weight is 306 g/mol. The smallest absolute Gasteiger partial charge is 0.227 e. The molecule has 22 heavy (non-hydrogen) atoms. The molecule has 2 aliphatic rings. The summed E-state index contributed by atoms with van der Waals surface area (Å²) >= 11 is 0. The SMILES string of the molecule is CCc1cc(N(C)C[C@H]2CCOC2)nc(N2CCOCC2)n1. The van der Waals surface area contributed by atoms with Crippen LogP contribution in [0.1, 0.15) is 19.0 Å². The van der Waals surface area contributed by atoms with E-state index in [0.717, 1.165) is 76.4 Å². The number of nitrogens with zero attached hydrogens (tertiary/aromatic N) is 4. The maximum absolute atomic E-state index is 5.48. The lowest BCUT2D eigenvalue weighted by molar-refractivity contribution is 0.122. The van der Waals surface area contributed by atoms with Crippen LogP contribution in [0.3, 0.4) is 0 Å². The van der Waals surface area contributed by atoms with E-state index in [9.17, 15) is 0 Å². The van der Waals surface area contributed by atoms with Gasteiger partial charge in [0.2, 0.25) is 5.95 Å². The van der Waals surface area contributed by atoms with E-state index in [-0.39, 0.29) is 0 Å². The third-order valence-electron chi connectivity index (χ3n) is 4.36. The first-order chi connectivity index (χ1) is 10.8. The fraction of sp³-hybridized carbons (Fsp3) is 0.750. The Morgan fingerprint density at radius 1 is 1.23 bits per heavy atom. The molecule has 0 N–H and O–H groups in total. The second kappa shape index (κ2) is 7.24. The third kappa shape index (κ3) is 3.67. The molecule has 2 fully saturated rings. The second-order valence-corrected chi connectivity index (χ2v) is 6.08. The molecule has 3 heterocycles. The fourth-order valence-corrected chi connectivity index (χ4v) is 2.96. The minimum absolute atomic E-state index is 0.608. The molecule has 6 nitrogen and oxygen atoms in total. The normalized spacial score (nSPS) is 22.1. The molecule has 1 atom stereocenters. The first-order valence-corrected chi connectivity index (χ1v) is 8.25. The van der Waals surface area contributed by atoms with Crippen LogP contribution in [0.4, 0.5) is 11.8 Å². The van der Waals surface area contributed by atoms with Gasteiger partial charge in [-0.3, -0.25) is 0 Å². The van der Waals surface area contributed by atoms with Gasteiger partial charge >= 0.3 is 0 Å². The average Bonchev–Trinajstić information content (AvgIpc) is 3.08. The lowest BCUT2D eigenvalue weighted by atomic mass is 10.1.